The van der Waals surface area contributed by atoms with Gasteiger partial charge in [-0.05, 0) is 43.7 Å². The molecule has 1 aromatic rings. The van der Waals surface area contributed by atoms with E-state index in [0.717, 1.165) is 13.1 Å². The van der Waals surface area contributed by atoms with Crippen LogP contribution in [0.1, 0.15) is 20.3 Å². The van der Waals surface area contributed by atoms with Gasteiger partial charge < -0.3 is 14.5 Å². The molecule has 7 nitrogen and oxygen atoms in total. The van der Waals surface area contributed by atoms with Gasteiger partial charge in [0, 0.05) is 26.2 Å². The van der Waals surface area contributed by atoms with Gasteiger partial charge >= 0.3 is 0 Å². The van der Waals surface area contributed by atoms with E-state index in [-0.39, 0.29) is 16.7 Å². The number of ether oxygens (including phenoxy) is 1. The summed E-state index contributed by atoms with van der Waals surface area (Å²) in [6, 6.07) is 5.38. The predicted octanol–water partition coefficient (Wildman–Crippen LogP) is 1.16. The molecule has 146 valence electrons. The van der Waals surface area contributed by atoms with Gasteiger partial charge in [0.1, 0.15) is 11.8 Å². The highest BCUT2D eigenvalue weighted by molar-refractivity contribution is 7.89. The molecule has 1 amide bonds. The Kier molecular flexibility index (Phi) is 7.02. The van der Waals surface area contributed by atoms with Gasteiger partial charge in [0.05, 0.1) is 12.0 Å². The molecule has 2 rings (SSSR count). The van der Waals surface area contributed by atoms with Crippen molar-refractivity contribution >= 4 is 15.9 Å². The molecule has 8 heteroatoms. The zero-order valence-electron chi connectivity index (χ0n) is 15.9. The minimum Gasteiger partial charge on any atom is -0.497 e. The van der Waals surface area contributed by atoms with E-state index < -0.39 is 16.1 Å². The van der Waals surface area contributed by atoms with E-state index >= 15 is 0 Å². The SMILES string of the molecule is COc1ccc(S(=O)(=O)N[C@H](CC(C)C)C(=O)N2CCN(C)CC2)cc1. The van der Waals surface area contributed by atoms with Gasteiger partial charge in [-0.25, -0.2) is 8.42 Å². The van der Waals surface area contributed by atoms with Crippen molar-refractivity contribution in [2.24, 2.45) is 5.92 Å². The van der Waals surface area contributed by atoms with Crippen LogP contribution in [0.2, 0.25) is 0 Å². The third-order valence-corrected chi connectivity index (χ3v) is 5.97. The molecule has 0 radical (unpaired) electrons. The smallest absolute Gasteiger partial charge is 0.241 e. The second kappa shape index (κ2) is 8.83. The largest absolute Gasteiger partial charge is 0.497 e. The first-order valence-electron chi connectivity index (χ1n) is 8.86. The number of carbonyl (C=O) groups is 1. The number of nitrogens with one attached hydrogen (secondary N) is 1. The lowest BCUT2D eigenvalue weighted by Gasteiger charge is -2.35. The fraction of sp³-hybridized carbons (Fsp3) is 0.611. The standard InChI is InChI=1S/C18H29N3O4S/c1-14(2)13-17(18(22)21-11-9-20(3)10-12-21)19-26(23,24)16-7-5-15(25-4)6-8-16/h5-8,14,17,19H,9-13H2,1-4H3/t17-/m1/s1. The third kappa shape index (κ3) is 5.43. The Morgan fingerprint density at radius 1 is 1.15 bits per heavy atom. The minimum absolute atomic E-state index is 0.123. The molecular weight excluding hydrogens is 354 g/mol. The zero-order chi connectivity index (χ0) is 19.3. The van der Waals surface area contributed by atoms with Crippen LogP contribution in [0, 0.1) is 5.92 Å². The molecule has 0 bridgehead atoms. The van der Waals surface area contributed by atoms with Crippen LogP contribution in [0.5, 0.6) is 5.75 Å². The van der Waals surface area contributed by atoms with Gasteiger partial charge in [-0.15, -0.1) is 0 Å². The molecule has 1 N–H and O–H groups in total. The average molecular weight is 384 g/mol. The van der Waals surface area contributed by atoms with E-state index in [9.17, 15) is 13.2 Å². The van der Waals surface area contributed by atoms with Crippen molar-refractivity contribution in [2.45, 2.75) is 31.2 Å². The first kappa shape index (κ1) is 20.7. The maximum atomic E-state index is 12.9. The van der Waals surface area contributed by atoms with Gasteiger partial charge in [-0.3, -0.25) is 4.79 Å². The summed E-state index contributed by atoms with van der Waals surface area (Å²) in [5, 5.41) is 0. The van der Waals surface area contributed by atoms with Crippen molar-refractivity contribution in [1.82, 2.24) is 14.5 Å². The quantitative estimate of drug-likeness (QED) is 0.764. The van der Waals surface area contributed by atoms with Crippen LogP contribution in [-0.4, -0.2) is 70.5 Å². The molecule has 1 saturated heterocycles. The Labute approximate surface area is 156 Å². The van der Waals surface area contributed by atoms with Gasteiger partial charge in [0.25, 0.3) is 0 Å². The first-order valence-corrected chi connectivity index (χ1v) is 10.3. The highest BCUT2D eigenvalue weighted by Gasteiger charge is 2.31. The number of sulfonamides is 1. The summed E-state index contributed by atoms with van der Waals surface area (Å²) >= 11 is 0. The summed E-state index contributed by atoms with van der Waals surface area (Å²) in [6.45, 7) is 6.79. The molecule has 1 aliphatic heterocycles. The molecule has 0 unspecified atom stereocenters. The molecule has 0 aromatic heterocycles. The van der Waals surface area contributed by atoms with Crippen LogP contribution in [0.3, 0.4) is 0 Å². The number of likely N-dealkylation sites (N-methyl/N-ethyl adjacent to an activating group) is 1. The molecule has 0 saturated carbocycles. The lowest BCUT2D eigenvalue weighted by atomic mass is 10.0. The van der Waals surface area contributed by atoms with E-state index in [1.54, 1.807) is 17.0 Å². The maximum Gasteiger partial charge on any atom is 0.241 e. The predicted molar refractivity (Wildman–Crippen MR) is 101 cm³/mol. The van der Waals surface area contributed by atoms with Crippen molar-refractivity contribution in [1.29, 1.82) is 0 Å². The van der Waals surface area contributed by atoms with Gasteiger partial charge in [-0.2, -0.15) is 4.72 Å². The second-order valence-corrected chi connectivity index (χ2v) is 8.82. The number of rotatable bonds is 7. The number of methoxy groups -OCH3 is 1. The van der Waals surface area contributed by atoms with Crippen LogP contribution in [0.15, 0.2) is 29.2 Å². The number of hydrogen-bond acceptors (Lipinski definition) is 5. The normalized spacial score (nSPS) is 17.3. The van der Waals surface area contributed by atoms with Gasteiger partial charge in [0.2, 0.25) is 15.9 Å². The Balaban J connectivity index is 2.16. The molecule has 0 spiro atoms. The van der Waals surface area contributed by atoms with Crippen molar-refractivity contribution in [3.63, 3.8) is 0 Å². The van der Waals surface area contributed by atoms with Crippen molar-refractivity contribution in [3.05, 3.63) is 24.3 Å². The molecule has 1 atom stereocenters. The number of carbonyl (C=O) groups excluding carboxylic acids is 1. The lowest BCUT2D eigenvalue weighted by Crippen LogP contribution is -2.54. The summed E-state index contributed by atoms with van der Waals surface area (Å²) in [5.41, 5.74) is 0. The highest BCUT2D eigenvalue weighted by atomic mass is 32.2. The molecular formula is C18H29N3O4S. The molecule has 1 aliphatic rings. The Morgan fingerprint density at radius 3 is 2.23 bits per heavy atom. The number of hydrogen-bond donors (Lipinski definition) is 1. The summed E-state index contributed by atoms with van der Waals surface area (Å²) in [4.78, 5) is 16.9. The zero-order valence-corrected chi connectivity index (χ0v) is 16.8. The van der Waals surface area contributed by atoms with Gasteiger partial charge in [0.15, 0.2) is 0 Å². The average Bonchev–Trinajstić information content (AvgIpc) is 2.60. The van der Waals surface area contributed by atoms with Crippen molar-refractivity contribution in [3.8, 4) is 5.75 Å². The van der Waals surface area contributed by atoms with E-state index in [0.29, 0.717) is 25.3 Å². The summed E-state index contributed by atoms with van der Waals surface area (Å²) in [7, 11) is -0.251. The minimum atomic E-state index is -3.79. The number of piperazine rings is 1. The van der Waals surface area contributed by atoms with Crippen LogP contribution >= 0.6 is 0 Å². The molecule has 1 fully saturated rings. The van der Waals surface area contributed by atoms with E-state index in [1.807, 2.05) is 20.9 Å². The number of amides is 1. The van der Waals surface area contributed by atoms with Crippen molar-refractivity contribution in [2.75, 3.05) is 40.3 Å². The Hall–Kier alpha value is -1.64. The summed E-state index contributed by atoms with van der Waals surface area (Å²) in [6.07, 6.45) is 0.459. The van der Waals surface area contributed by atoms with Crippen molar-refractivity contribution < 1.29 is 17.9 Å². The van der Waals surface area contributed by atoms with Gasteiger partial charge in [-0.1, -0.05) is 13.8 Å². The van der Waals surface area contributed by atoms with Crippen LogP contribution in [0.25, 0.3) is 0 Å². The topological polar surface area (TPSA) is 78.9 Å². The molecule has 1 aromatic carbocycles. The second-order valence-electron chi connectivity index (χ2n) is 7.11. The van der Waals surface area contributed by atoms with E-state index in [4.69, 9.17) is 4.74 Å². The van der Waals surface area contributed by atoms with Crippen LogP contribution < -0.4 is 9.46 Å². The fourth-order valence-electron chi connectivity index (χ4n) is 2.93. The summed E-state index contributed by atoms with van der Waals surface area (Å²) < 4.78 is 33.1. The Morgan fingerprint density at radius 2 is 1.73 bits per heavy atom. The highest BCUT2D eigenvalue weighted by Crippen LogP contribution is 2.18. The van der Waals surface area contributed by atoms with Crippen LogP contribution in [-0.2, 0) is 14.8 Å². The fourth-order valence-corrected chi connectivity index (χ4v) is 4.13. The van der Waals surface area contributed by atoms with Crippen LogP contribution in [0.4, 0.5) is 0 Å². The summed E-state index contributed by atoms with van der Waals surface area (Å²) in [5.74, 6) is 0.620. The van der Waals surface area contributed by atoms with E-state index in [1.165, 1.54) is 19.2 Å². The maximum absolute atomic E-state index is 12.9. The monoisotopic (exact) mass is 383 g/mol. The number of benzene rings is 1. The Bertz CT molecular complexity index is 696. The molecule has 26 heavy (non-hydrogen) atoms. The molecule has 1 heterocycles. The first-order chi connectivity index (χ1) is 12.2. The third-order valence-electron chi connectivity index (χ3n) is 4.49. The molecule has 0 aliphatic carbocycles. The van der Waals surface area contributed by atoms with E-state index in [2.05, 4.69) is 9.62 Å². The lowest BCUT2D eigenvalue weighted by molar-refractivity contribution is -0.135. The number of nitrogens with zero attached hydrogens (tertiary/aromatic N) is 2.